The minimum Gasteiger partial charge on any atom is -0.462 e. The minimum atomic E-state index is -4.46. The van der Waals surface area contributed by atoms with E-state index in [2.05, 4.69) is 6.92 Å². The molecule has 0 amide bonds. The van der Waals surface area contributed by atoms with Crippen LogP contribution in [0.15, 0.2) is 60.8 Å². The van der Waals surface area contributed by atoms with E-state index in [-0.39, 0.29) is 38.9 Å². The van der Waals surface area contributed by atoms with Gasteiger partial charge in [-0.25, -0.2) is 4.57 Å². The minimum absolute atomic E-state index is 0.0256. The molecule has 330 valence electrons. The van der Waals surface area contributed by atoms with Gasteiger partial charge in [0.25, 0.3) is 0 Å². The molecule has 4 N–H and O–H groups in total. The van der Waals surface area contributed by atoms with Gasteiger partial charge in [-0.05, 0) is 32.1 Å². The van der Waals surface area contributed by atoms with Crippen LogP contribution in [-0.4, -0.2) is 109 Å². The molecule has 0 saturated carbocycles. The first-order valence-electron chi connectivity index (χ1n) is 21.3. The molecule has 13 heteroatoms. The number of carbonyl (C=O) groups is 2. The zero-order valence-corrected chi connectivity index (χ0v) is 36.8. The van der Waals surface area contributed by atoms with Crippen LogP contribution in [0.4, 0.5) is 0 Å². The smallest absolute Gasteiger partial charge is 0.462 e. The van der Waals surface area contributed by atoms with Gasteiger partial charge in [0.15, 0.2) is 6.10 Å². The number of phosphoric acid groups is 1. The molecular weight excluding hydrogens is 749 g/mol. The first-order valence-corrected chi connectivity index (χ1v) is 22.8. The number of unbranched alkanes of at least 4 members (excludes halogenated alkanes) is 12. The number of nitrogens with zero attached hydrogens (tertiary/aromatic N) is 1. The summed E-state index contributed by atoms with van der Waals surface area (Å²) in [5, 5.41) is 30.4. The van der Waals surface area contributed by atoms with Crippen molar-refractivity contribution in [3.63, 3.8) is 0 Å². The number of carbonyl (C=O) groups excluding carboxylic acids is 2. The number of ether oxygens (including phenoxy) is 2. The van der Waals surface area contributed by atoms with Gasteiger partial charge in [0, 0.05) is 12.8 Å². The third kappa shape index (κ3) is 37.6. The number of hydrogen-bond acceptors (Lipinski definition) is 10. The van der Waals surface area contributed by atoms with Gasteiger partial charge in [-0.1, -0.05) is 152 Å². The first kappa shape index (κ1) is 54.6. The first-order chi connectivity index (χ1) is 27.2. The lowest BCUT2D eigenvalue weighted by molar-refractivity contribution is -0.870. The van der Waals surface area contributed by atoms with Crippen molar-refractivity contribution in [2.24, 2.45) is 0 Å². The molecule has 0 fully saturated rings. The van der Waals surface area contributed by atoms with Gasteiger partial charge in [-0.2, -0.15) is 0 Å². The van der Waals surface area contributed by atoms with Crippen LogP contribution in [0.3, 0.4) is 0 Å². The van der Waals surface area contributed by atoms with Gasteiger partial charge in [0.1, 0.15) is 19.8 Å². The molecule has 0 aliphatic carbocycles. The van der Waals surface area contributed by atoms with Crippen LogP contribution in [0.25, 0.3) is 0 Å². The highest BCUT2D eigenvalue weighted by atomic mass is 31.2. The number of likely N-dealkylation sites (N-methyl/N-ethyl adjacent to an activating group) is 1. The summed E-state index contributed by atoms with van der Waals surface area (Å²) in [5.41, 5.74) is 0. The molecule has 0 radical (unpaired) electrons. The normalized spacial score (nSPS) is 15.9. The number of hydrogen-bond donors (Lipinski definition) is 4. The van der Waals surface area contributed by atoms with Crippen LogP contribution in [-0.2, 0) is 32.7 Å². The Morgan fingerprint density at radius 2 is 1.21 bits per heavy atom. The number of aliphatic hydroxyl groups excluding tert-OH is 3. The fourth-order valence-corrected chi connectivity index (χ4v) is 6.15. The van der Waals surface area contributed by atoms with Crippen molar-refractivity contribution in [1.82, 2.24) is 0 Å². The summed E-state index contributed by atoms with van der Waals surface area (Å²) in [4.78, 5) is 35.4. The molecular formula is C44H79NO11P+. The van der Waals surface area contributed by atoms with Crippen molar-refractivity contribution in [1.29, 1.82) is 0 Å². The van der Waals surface area contributed by atoms with Gasteiger partial charge in [0.2, 0.25) is 0 Å². The van der Waals surface area contributed by atoms with Gasteiger partial charge in [-0.3, -0.25) is 18.6 Å². The zero-order valence-electron chi connectivity index (χ0n) is 35.9. The van der Waals surface area contributed by atoms with E-state index in [0.29, 0.717) is 23.9 Å². The van der Waals surface area contributed by atoms with E-state index in [9.17, 15) is 34.4 Å². The highest BCUT2D eigenvalue weighted by Gasteiger charge is 2.27. The second-order valence-electron chi connectivity index (χ2n) is 15.6. The Bertz CT molecular complexity index is 1210. The molecule has 0 bridgehead atoms. The molecule has 0 aromatic carbocycles. The zero-order chi connectivity index (χ0) is 42.6. The molecule has 0 aliphatic rings. The summed E-state index contributed by atoms with van der Waals surface area (Å²) in [6.07, 6.45) is 30.8. The van der Waals surface area contributed by atoms with E-state index in [1.807, 2.05) is 40.2 Å². The summed E-state index contributed by atoms with van der Waals surface area (Å²) in [7, 11) is 1.28. The fourth-order valence-electron chi connectivity index (χ4n) is 5.41. The summed E-state index contributed by atoms with van der Waals surface area (Å²) in [6.45, 7) is 3.81. The van der Waals surface area contributed by atoms with E-state index in [1.54, 1.807) is 42.5 Å². The van der Waals surface area contributed by atoms with Crippen LogP contribution >= 0.6 is 7.82 Å². The van der Waals surface area contributed by atoms with E-state index in [4.69, 9.17) is 18.5 Å². The van der Waals surface area contributed by atoms with Crippen LogP contribution < -0.4 is 0 Å². The Hall–Kier alpha value is -2.41. The van der Waals surface area contributed by atoms with Gasteiger partial charge in [0.05, 0.1) is 46.1 Å². The Morgan fingerprint density at radius 3 is 1.79 bits per heavy atom. The lowest BCUT2D eigenvalue weighted by atomic mass is 10.0. The largest absolute Gasteiger partial charge is 0.472 e. The van der Waals surface area contributed by atoms with Crippen LogP contribution in [0, 0.1) is 0 Å². The summed E-state index contributed by atoms with van der Waals surface area (Å²) < 4.78 is 34.0. The molecule has 0 aromatic rings. The summed E-state index contributed by atoms with van der Waals surface area (Å²) in [5.74, 6) is -1.13. The lowest BCUT2D eigenvalue weighted by Gasteiger charge is -2.24. The van der Waals surface area contributed by atoms with Crippen molar-refractivity contribution in [2.75, 3.05) is 47.5 Å². The van der Waals surface area contributed by atoms with Crippen molar-refractivity contribution in [3.8, 4) is 0 Å². The lowest BCUT2D eigenvalue weighted by Crippen LogP contribution is -2.37. The van der Waals surface area contributed by atoms with Gasteiger partial charge >= 0.3 is 19.8 Å². The quantitative estimate of drug-likeness (QED) is 0.0118. The maximum atomic E-state index is 12.7. The Morgan fingerprint density at radius 1 is 0.667 bits per heavy atom. The predicted molar refractivity (Wildman–Crippen MR) is 228 cm³/mol. The fraction of sp³-hybridized carbons (Fsp3) is 0.727. The van der Waals surface area contributed by atoms with E-state index >= 15 is 0 Å². The van der Waals surface area contributed by atoms with Gasteiger partial charge in [-0.15, -0.1) is 0 Å². The highest BCUT2D eigenvalue weighted by Crippen LogP contribution is 2.43. The number of phosphoric ester groups is 1. The van der Waals surface area contributed by atoms with E-state index in [0.717, 1.165) is 25.7 Å². The summed E-state index contributed by atoms with van der Waals surface area (Å²) >= 11 is 0. The Kier molecular flexibility index (Phi) is 34.0. The number of allylic oxidation sites excluding steroid dienone is 7. The predicted octanol–water partition coefficient (Wildman–Crippen LogP) is 8.60. The van der Waals surface area contributed by atoms with Crippen molar-refractivity contribution in [2.45, 2.75) is 160 Å². The average Bonchev–Trinajstić information content (AvgIpc) is 3.15. The molecule has 12 nitrogen and oxygen atoms in total. The SMILES string of the molecule is CC/C=C\C[C@@H](O)/C=C/C=C/C=C\C=C/[C@H](O)[C@@H](O)CCCC(=O)OC[C@H](COP(=O)(O)OCC[N+](C)(C)C)OC(=O)CCCCCCCCCCCCCCC. The molecule has 1 unspecified atom stereocenters. The van der Waals surface area contributed by atoms with Crippen molar-refractivity contribution >= 4 is 19.8 Å². The van der Waals surface area contributed by atoms with Crippen molar-refractivity contribution < 1.29 is 57.4 Å². The number of aliphatic hydroxyl groups is 3. The molecule has 0 aromatic heterocycles. The second kappa shape index (κ2) is 35.5. The topological polar surface area (TPSA) is 169 Å². The van der Waals surface area contributed by atoms with Crippen molar-refractivity contribution in [3.05, 3.63) is 60.8 Å². The average molecular weight is 829 g/mol. The molecule has 5 atom stereocenters. The number of rotatable bonds is 37. The van der Waals surface area contributed by atoms with Crippen LogP contribution in [0.5, 0.6) is 0 Å². The monoisotopic (exact) mass is 829 g/mol. The summed E-state index contributed by atoms with van der Waals surface area (Å²) in [6, 6.07) is 0. The molecule has 0 heterocycles. The van der Waals surface area contributed by atoms with E-state index in [1.165, 1.54) is 63.9 Å². The molecule has 57 heavy (non-hydrogen) atoms. The van der Waals surface area contributed by atoms with Gasteiger partial charge < -0.3 is 34.2 Å². The Labute approximate surface area is 344 Å². The molecule has 0 rings (SSSR count). The number of quaternary nitrogens is 1. The highest BCUT2D eigenvalue weighted by molar-refractivity contribution is 7.47. The maximum Gasteiger partial charge on any atom is 0.472 e. The second-order valence-corrected chi connectivity index (χ2v) is 17.0. The standard InChI is InChI=1S/C44H78NO11P/c1-6-8-10-11-12-13-14-15-16-17-18-23-27-33-44(50)56-40(38-55-57(51,52)54-36-35-45(3,4)5)37-53-43(49)34-28-32-42(48)41(47)31-26-22-20-19-21-25-30-39(46)29-24-9-7-2/h9,19-22,24-26,30-31,39-42,46-48H,6-8,10-18,23,27-29,32-38H2,1-5H3/p+1/b21-19+,22-20-,24-9-,30-25+,31-26-/t39-,40-,41+,42+/m1/s1. The third-order valence-electron chi connectivity index (χ3n) is 8.90. The maximum absolute atomic E-state index is 12.7. The van der Waals surface area contributed by atoms with E-state index < -0.39 is 50.8 Å². The number of esters is 2. The molecule has 0 spiro atoms. The molecule has 0 aliphatic heterocycles. The molecule has 0 saturated heterocycles. The van der Waals surface area contributed by atoms with Crippen LogP contribution in [0.2, 0.25) is 0 Å². The van der Waals surface area contributed by atoms with Crippen LogP contribution in [0.1, 0.15) is 136 Å². The Balaban J connectivity index is 4.71. The third-order valence-corrected chi connectivity index (χ3v) is 9.89.